The number of ether oxygens (including phenoxy) is 2. The van der Waals surface area contributed by atoms with E-state index < -0.39 is 23.5 Å². The zero-order valence-electron chi connectivity index (χ0n) is 23.2. The molecule has 14 heteroatoms. The quantitative estimate of drug-likeness (QED) is 0.209. The van der Waals surface area contributed by atoms with E-state index in [0.717, 1.165) is 41.9 Å². The van der Waals surface area contributed by atoms with E-state index in [1.54, 1.807) is 17.5 Å². The minimum atomic E-state index is -1.12. The third-order valence-electron chi connectivity index (χ3n) is 6.85. The van der Waals surface area contributed by atoms with Crippen LogP contribution in [0.2, 0.25) is 0 Å². The molecule has 2 saturated heterocycles. The number of carbonyl (C=O) groups excluding carboxylic acids is 2. The number of thioether (sulfide) groups is 1. The Morgan fingerprint density at radius 3 is 2.61 bits per heavy atom. The second kappa shape index (κ2) is 14.4. The number of rotatable bonds is 11. The van der Waals surface area contributed by atoms with Gasteiger partial charge in [0.1, 0.15) is 16.7 Å². The number of benzene rings is 2. The van der Waals surface area contributed by atoms with Crippen molar-refractivity contribution in [2.24, 2.45) is 0 Å². The Labute approximate surface area is 265 Å². The van der Waals surface area contributed by atoms with Crippen LogP contribution in [0.4, 0.5) is 14.5 Å². The van der Waals surface area contributed by atoms with E-state index >= 15 is 0 Å². The molecular formula is C30H27F2N3O6S3. The summed E-state index contributed by atoms with van der Waals surface area (Å²) in [7, 11) is 0. The number of nitrogens with zero attached hydrogens (tertiary/aromatic N) is 2. The Bertz CT molecular complexity index is 1620. The monoisotopic (exact) mass is 659 g/mol. The van der Waals surface area contributed by atoms with Gasteiger partial charge in [-0.3, -0.25) is 19.4 Å². The molecule has 0 saturated carbocycles. The molecule has 2 amide bonds. The molecule has 0 spiro atoms. The summed E-state index contributed by atoms with van der Waals surface area (Å²) in [5.74, 6) is -3.49. The highest BCUT2D eigenvalue weighted by molar-refractivity contribution is 8.26. The van der Waals surface area contributed by atoms with Crippen LogP contribution in [0.15, 0.2) is 52.7 Å². The van der Waals surface area contributed by atoms with Gasteiger partial charge in [-0.25, -0.2) is 13.6 Å². The molecular weight excluding hydrogens is 633 g/mol. The molecule has 2 aromatic carbocycles. The SMILES string of the molecule is O=C(CCN1C(=O)C(=Cc2cc(-c3ccc(F)c(F)c3)cs2)SC1=S)Nc1ccc(C(=O)O)cc1OCCN1CCOCC1. The standard InChI is InChI=1S/C30H27F2N3O6S3/c31-22-3-1-18(14-23(22)32)20-13-21(43-17-20)16-26-28(37)35(30(42)44-26)6-5-27(36)33-24-4-2-19(29(38)39)15-25(24)41-12-9-34-7-10-40-11-8-34/h1-4,13-17H,5-12H2,(H,33,36)(H,38,39). The minimum Gasteiger partial charge on any atom is -0.490 e. The summed E-state index contributed by atoms with van der Waals surface area (Å²) in [6, 6.07) is 9.66. The van der Waals surface area contributed by atoms with Crippen molar-refractivity contribution >= 4 is 69.2 Å². The third kappa shape index (κ3) is 7.87. The largest absolute Gasteiger partial charge is 0.490 e. The summed E-state index contributed by atoms with van der Waals surface area (Å²) < 4.78 is 38.5. The Balaban J connectivity index is 1.18. The highest BCUT2D eigenvalue weighted by Gasteiger charge is 2.32. The first-order valence-corrected chi connectivity index (χ1v) is 15.7. The third-order valence-corrected chi connectivity index (χ3v) is 9.11. The van der Waals surface area contributed by atoms with Crippen LogP contribution >= 0.6 is 35.3 Å². The highest BCUT2D eigenvalue weighted by atomic mass is 32.2. The molecule has 2 fully saturated rings. The van der Waals surface area contributed by atoms with E-state index in [2.05, 4.69) is 10.2 Å². The fourth-order valence-electron chi connectivity index (χ4n) is 4.49. The predicted molar refractivity (Wildman–Crippen MR) is 169 cm³/mol. The number of hydrogen-bond acceptors (Lipinski definition) is 9. The van der Waals surface area contributed by atoms with Gasteiger partial charge < -0.3 is 19.9 Å². The maximum Gasteiger partial charge on any atom is 0.335 e. The summed E-state index contributed by atoms with van der Waals surface area (Å²) in [4.78, 5) is 42.1. The number of thiophene rings is 1. The molecule has 0 aliphatic carbocycles. The summed E-state index contributed by atoms with van der Waals surface area (Å²) in [5, 5.41) is 13.9. The fraction of sp³-hybridized carbons (Fsp3) is 0.267. The van der Waals surface area contributed by atoms with Crippen molar-refractivity contribution in [1.82, 2.24) is 9.80 Å². The van der Waals surface area contributed by atoms with Crippen molar-refractivity contribution in [1.29, 1.82) is 0 Å². The molecule has 3 aromatic rings. The van der Waals surface area contributed by atoms with Gasteiger partial charge in [0.05, 0.1) is 29.4 Å². The van der Waals surface area contributed by atoms with Gasteiger partial charge in [0, 0.05) is 37.5 Å². The van der Waals surface area contributed by atoms with E-state index in [4.69, 9.17) is 21.7 Å². The van der Waals surface area contributed by atoms with Gasteiger partial charge in [0.2, 0.25) is 5.91 Å². The average molecular weight is 660 g/mol. The Morgan fingerprint density at radius 2 is 1.86 bits per heavy atom. The molecule has 0 unspecified atom stereocenters. The Hall–Kier alpha value is -3.69. The van der Waals surface area contributed by atoms with Crippen LogP contribution in [0.25, 0.3) is 17.2 Å². The molecule has 3 heterocycles. The number of nitrogens with one attached hydrogen (secondary N) is 1. The van der Waals surface area contributed by atoms with E-state index in [1.165, 1.54) is 40.5 Å². The van der Waals surface area contributed by atoms with Crippen LogP contribution in [0.5, 0.6) is 5.75 Å². The Kier molecular flexibility index (Phi) is 10.4. The normalized spacial score (nSPS) is 16.5. The summed E-state index contributed by atoms with van der Waals surface area (Å²) in [6.45, 7) is 3.79. The summed E-state index contributed by atoms with van der Waals surface area (Å²) >= 11 is 7.85. The lowest BCUT2D eigenvalue weighted by atomic mass is 10.1. The molecule has 5 rings (SSSR count). The maximum atomic E-state index is 13.7. The van der Waals surface area contributed by atoms with Gasteiger partial charge in [-0.05, 0) is 59.0 Å². The minimum absolute atomic E-state index is 0.0245. The summed E-state index contributed by atoms with van der Waals surface area (Å²) in [6.07, 6.45) is 1.62. The lowest BCUT2D eigenvalue weighted by Gasteiger charge is -2.26. The van der Waals surface area contributed by atoms with Crippen LogP contribution in [-0.2, 0) is 14.3 Å². The van der Waals surface area contributed by atoms with Crippen molar-refractivity contribution in [3.63, 3.8) is 0 Å². The van der Waals surface area contributed by atoms with Crippen LogP contribution in [0.1, 0.15) is 21.7 Å². The van der Waals surface area contributed by atoms with Gasteiger partial charge in [0.15, 0.2) is 11.6 Å². The molecule has 44 heavy (non-hydrogen) atoms. The van der Waals surface area contributed by atoms with E-state index in [9.17, 15) is 28.3 Å². The van der Waals surface area contributed by atoms with E-state index in [1.807, 2.05) is 0 Å². The highest BCUT2D eigenvalue weighted by Crippen LogP contribution is 2.35. The number of morpholine rings is 1. The number of hydrogen-bond donors (Lipinski definition) is 2. The number of amides is 2. The van der Waals surface area contributed by atoms with Crippen molar-refractivity contribution in [3.05, 3.63) is 74.8 Å². The number of anilines is 1. The number of thiocarbonyl (C=S) groups is 1. The second-order valence-electron chi connectivity index (χ2n) is 9.82. The molecule has 0 radical (unpaired) electrons. The average Bonchev–Trinajstić information content (AvgIpc) is 3.58. The number of carboxylic acids is 1. The fourth-order valence-corrected chi connectivity index (χ4v) is 6.71. The van der Waals surface area contributed by atoms with Gasteiger partial charge in [-0.1, -0.05) is 30.0 Å². The van der Waals surface area contributed by atoms with Crippen molar-refractivity contribution in [3.8, 4) is 16.9 Å². The molecule has 0 bridgehead atoms. The smallest absolute Gasteiger partial charge is 0.335 e. The molecule has 2 N–H and O–H groups in total. The second-order valence-corrected chi connectivity index (χ2v) is 12.4. The van der Waals surface area contributed by atoms with Crippen LogP contribution in [-0.4, -0.2) is 83.0 Å². The molecule has 1 aromatic heterocycles. The number of carbonyl (C=O) groups is 3. The lowest BCUT2D eigenvalue weighted by Crippen LogP contribution is -2.38. The maximum absolute atomic E-state index is 13.7. The van der Waals surface area contributed by atoms with E-state index in [0.29, 0.717) is 52.4 Å². The van der Waals surface area contributed by atoms with Crippen molar-refractivity contribution < 1.29 is 37.7 Å². The topological polar surface area (TPSA) is 108 Å². The predicted octanol–water partition coefficient (Wildman–Crippen LogP) is 5.33. The lowest BCUT2D eigenvalue weighted by molar-refractivity contribution is -0.122. The molecule has 230 valence electrons. The van der Waals surface area contributed by atoms with E-state index in [-0.39, 0.29) is 30.2 Å². The number of halogens is 2. The number of aromatic carboxylic acids is 1. The van der Waals surface area contributed by atoms with Crippen molar-refractivity contribution in [2.75, 3.05) is 51.3 Å². The molecule has 2 aliphatic rings. The first-order valence-electron chi connectivity index (χ1n) is 13.6. The Morgan fingerprint density at radius 1 is 1.07 bits per heavy atom. The van der Waals surface area contributed by atoms with Gasteiger partial charge in [-0.2, -0.15) is 0 Å². The van der Waals surface area contributed by atoms with Gasteiger partial charge in [-0.15, -0.1) is 11.3 Å². The zero-order valence-corrected chi connectivity index (χ0v) is 25.7. The summed E-state index contributed by atoms with van der Waals surface area (Å²) in [5.41, 5.74) is 1.55. The first kappa shape index (κ1) is 31.7. The number of carboxylic acid groups (broad SMARTS) is 1. The zero-order chi connectivity index (χ0) is 31.2. The first-order chi connectivity index (χ1) is 21.2. The van der Waals surface area contributed by atoms with Gasteiger partial charge in [0.25, 0.3) is 5.91 Å². The van der Waals surface area contributed by atoms with Crippen LogP contribution in [0.3, 0.4) is 0 Å². The molecule has 2 aliphatic heterocycles. The van der Waals surface area contributed by atoms with Crippen LogP contribution < -0.4 is 10.1 Å². The van der Waals surface area contributed by atoms with Crippen LogP contribution in [0, 0.1) is 11.6 Å². The molecule has 0 atom stereocenters. The van der Waals surface area contributed by atoms with Gasteiger partial charge >= 0.3 is 5.97 Å². The molecule has 9 nitrogen and oxygen atoms in total. The van der Waals surface area contributed by atoms with Crippen molar-refractivity contribution in [2.45, 2.75) is 6.42 Å².